The van der Waals surface area contributed by atoms with Crippen LogP contribution < -0.4 is 16.4 Å². The van der Waals surface area contributed by atoms with Crippen molar-refractivity contribution in [2.75, 3.05) is 26.2 Å². The maximum Gasteiger partial charge on any atom is 0.252 e. The first kappa shape index (κ1) is 11.6. The van der Waals surface area contributed by atoms with Crippen molar-refractivity contribution >= 4 is 5.91 Å². The van der Waals surface area contributed by atoms with E-state index in [1.807, 2.05) is 0 Å². The summed E-state index contributed by atoms with van der Waals surface area (Å²) in [6, 6.07) is 3.47. The number of nitrogens with two attached hydrogens (primary N) is 1. The summed E-state index contributed by atoms with van der Waals surface area (Å²) in [7, 11) is 0. The Morgan fingerprint density at radius 1 is 1.40 bits per heavy atom. The Labute approximate surface area is 89.1 Å². The van der Waals surface area contributed by atoms with Gasteiger partial charge in [-0.2, -0.15) is 0 Å². The summed E-state index contributed by atoms with van der Waals surface area (Å²) in [5.74, 6) is -0.0994. The van der Waals surface area contributed by atoms with Crippen molar-refractivity contribution in [1.29, 1.82) is 0 Å². The number of rotatable bonds is 6. The number of carbonyl (C=O) groups excluding carboxylic acids is 1. The van der Waals surface area contributed by atoms with Gasteiger partial charge in [-0.25, -0.2) is 0 Å². The highest BCUT2D eigenvalue weighted by molar-refractivity contribution is 5.93. The number of nitrogens with zero attached hydrogens (tertiary/aromatic N) is 1. The molecule has 0 spiro atoms. The maximum absolute atomic E-state index is 11.5. The third-order valence-electron chi connectivity index (χ3n) is 1.83. The Morgan fingerprint density at radius 2 is 2.27 bits per heavy atom. The number of hydrogen-bond acceptors (Lipinski definition) is 4. The van der Waals surface area contributed by atoms with Gasteiger partial charge >= 0.3 is 0 Å². The van der Waals surface area contributed by atoms with Crippen molar-refractivity contribution in [3.05, 3.63) is 30.1 Å². The fourth-order valence-electron chi connectivity index (χ4n) is 1.09. The number of aromatic nitrogens is 1. The summed E-state index contributed by atoms with van der Waals surface area (Å²) < 4.78 is 0. The molecule has 0 unspecified atom stereocenters. The molecule has 5 nitrogen and oxygen atoms in total. The molecule has 1 aromatic heterocycles. The van der Waals surface area contributed by atoms with E-state index < -0.39 is 0 Å². The normalized spacial score (nSPS) is 9.93. The molecule has 1 heterocycles. The van der Waals surface area contributed by atoms with Crippen LogP contribution in [-0.2, 0) is 0 Å². The molecular weight excluding hydrogens is 192 g/mol. The second-order valence-electron chi connectivity index (χ2n) is 3.04. The Kier molecular flexibility index (Phi) is 5.35. The number of nitrogens with one attached hydrogen (secondary N) is 2. The molecule has 15 heavy (non-hydrogen) atoms. The first-order valence-electron chi connectivity index (χ1n) is 4.93. The van der Waals surface area contributed by atoms with Gasteiger partial charge in [0.1, 0.15) is 0 Å². The zero-order chi connectivity index (χ0) is 10.9. The molecule has 0 saturated carbocycles. The molecule has 5 heteroatoms. The van der Waals surface area contributed by atoms with Gasteiger partial charge < -0.3 is 16.4 Å². The highest BCUT2D eigenvalue weighted by Crippen LogP contribution is 1.93. The van der Waals surface area contributed by atoms with Crippen LogP contribution >= 0.6 is 0 Å². The molecular formula is C10H16N4O. The summed E-state index contributed by atoms with van der Waals surface area (Å²) in [6.45, 7) is 2.69. The fraction of sp³-hybridized carbons (Fsp3) is 0.400. The van der Waals surface area contributed by atoms with E-state index in [2.05, 4.69) is 15.6 Å². The highest BCUT2D eigenvalue weighted by atomic mass is 16.1. The number of carbonyl (C=O) groups is 1. The minimum Gasteiger partial charge on any atom is -0.351 e. The Balaban J connectivity index is 2.20. The zero-order valence-corrected chi connectivity index (χ0v) is 8.57. The first-order chi connectivity index (χ1) is 7.34. The fourth-order valence-corrected chi connectivity index (χ4v) is 1.09. The quantitative estimate of drug-likeness (QED) is 0.543. The van der Waals surface area contributed by atoms with Crippen molar-refractivity contribution < 1.29 is 4.79 Å². The van der Waals surface area contributed by atoms with Gasteiger partial charge in [0, 0.05) is 38.6 Å². The van der Waals surface area contributed by atoms with Gasteiger partial charge in [-0.15, -0.1) is 0 Å². The van der Waals surface area contributed by atoms with E-state index in [-0.39, 0.29) is 5.91 Å². The minimum atomic E-state index is -0.0994. The van der Waals surface area contributed by atoms with Gasteiger partial charge in [-0.1, -0.05) is 0 Å². The van der Waals surface area contributed by atoms with Gasteiger partial charge in [-0.05, 0) is 12.1 Å². The molecule has 0 radical (unpaired) electrons. The maximum atomic E-state index is 11.5. The van der Waals surface area contributed by atoms with Crippen molar-refractivity contribution in [1.82, 2.24) is 15.6 Å². The van der Waals surface area contributed by atoms with Crippen LogP contribution in [0.15, 0.2) is 24.5 Å². The van der Waals surface area contributed by atoms with E-state index in [1.165, 1.54) is 0 Å². The second kappa shape index (κ2) is 6.92. The summed E-state index contributed by atoms with van der Waals surface area (Å²) in [5, 5.41) is 5.86. The van der Waals surface area contributed by atoms with Crippen LogP contribution in [-0.4, -0.2) is 37.1 Å². The summed E-state index contributed by atoms with van der Waals surface area (Å²) in [6.07, 6.45) is 3.18. The molecule has 0 aliphatic carbocycles. The average molecular weight is 208 g/mol. The van der Waals surface area contributed by atoms with E-state index in [0.717, 1.165) is 13.1 Å². The lowest BCUT2D eigenvalue weighted by Gasteiger charge is -2.05. The van der Waals surface area contributed by atoms with Crippen LogP contribution in [0.3, 0.4) is 0 Å². The molecule has 0 saturated heterocycles. The van der Waals surface area contributed by atoms with Crippen molar-refractivity contribution in [3.8, 4) is 0 Å². The van der Waals surface area contributed by atoms with Crippen molar-refractivity contribution in [2.24, 2.45) is 5.73 Å². The molecule has 1 rings (SSSR count). The van der Waals surface area contributed by atoms with Gasteiger partial charge in [0.05, 0.1) is 5.56 Å². The lowest BCUT2D eigenvalue weighted by molar-refractivity contribution is 0.0953. The van der Waals surface area contributed by atoms with Crippen LogP contribution in [0.25, 0.3) is 0 Å². The van der Waals surface area contributed by atoms with E-state index in [0.29, 0.717) is 18.7 Å². The molecule has 4 N–H and O–H groups in total. The topological polar surface area (TPSA) is 80.0 Å². The lowest BCUT2D eigenvalue weighted by Crippen LogP contribution is -2.33. The third-order valence-corrected chi connectivity index (χ3v) is 1.83. The number of amides is 1. The number of pyridine rings is 1. The van der Waals surface area contributed by atoms with Gasteiger partial charge in [0.15, 0.2) is 0 Å². The van der Waals surface area contributed by atoms with Gasteiger partial charge in [-0.3, -0.25) is 9.78 Å². The third kappa shape index (κ3) is 4.53. The van der Waals surface area contributed by atoms with Gasteiger partial charge in [0.2, 0.25) is 0 Å². The van der Waals surface area contributed by atoms with Crippen LogP contribution in [0, 0.1) is 0 Å². The number of hydrogen-bond donors (Lipinski definition) is 3. The molecule has 0 atom stereocenters. The van der Waals surface area contributed by atoms with E-state index in [9.17, 15) is 4.79 Å². The Bertz CT molecular complexity index is 289. The molecule has 1 amide bonds. The zero-order valence-electron chi connectivity index (χ0n) is 8.57. The monoisotopic (exact) mass is 208 g/mol. The smallest absolute Gasteiger partial charge is 0.252 e. The predicted octanol–water partition coefficient (Wildman–Crippen LogP) is -0.640. The average Bonchev–Trinajstić information content (AvgIpc) is 2.30. The summed E-state index contributed by atoms with van der Waals surface area (Å²) in [5.41, 5.74) is 5.88. The molecule has 1 aromatic rings. The Hall–Kier alpha value is -1.46. The predicted molar refractivity (Wildman–Crippen MR) is 58.5 cm³/mol. The highest BCUT2D eigenvalue weighted by Gasteiger charge is 2.02. The minimum absolute atomic E-state index is 0.0994. The van der Waals surface area contributed by atoms with E-state index in [4.69, 9.17) is 5.73 Å². The molecule has 0 aromatic carbocycles. The van der Waals surface area contributed by atoms with Crippen molar-refractivity contribution in [3.63, 3.8) is 0 Å². The molecule has 0 aliphatic heterocycles. The first-order valence-corrected chi connectivity index (χ1v) is 4.93. The van der Waals surface area contributed by atoms with Gasteiger partial charge in [0.25, 0.3) is 5.91 Å². The largest absolute Gasteiger partial charge is 0.351 e. The Morgan fingerprint density at radius 3 is 2.93 bits per heavy atom. The van der Waals surface area contributed by atoms with E-state index in [1.54, 1.807) is 24.5 Å². The molecule has 82 valence electrons. The standard InChI is InChI=1S/C10H16N4O/c11-3-5-12-6-7-14-10(15)9-2-1-4-13-8-9/h1-2,4,8,12H,3,5-7,11H2,(H,14,15). The van der Waals surface area contributed by atoms with Crippen LogP contribution in [0.5, 0.6) is 0 Å². The van der Waals surface area contributed by atoms with Crippen LogP contribution in [0.2, 0.25) is 0 Å². The van der Waals surface area contributed by atoms with E-state index >= 15 is 0 Å². The summed E-state index contributed by atoms with van der Waals surface area (Å²) in [4.78, 5) is 15.3. The molecule has 0 fully saturated rings. The molecule has 0 bridgehead atoms. The SMILES string of the molecule is NCCNCCNC(=O)c1cccnc1. The lowest BCUT2D eigenvalue weighted by atomic mass is 10.3. The second-order valence-corrected chi connectivity index (χ2v) is 3.04. The van der Waals surface area contributed by atoms with Crippen LogP contribution in [0.1, 0.15) is 10.4 Å². The van der Waals surface area contributed by atoms with Crippen LogP contribution in [0.4, 0.5) is 0 Å². The molecule has 0 aliphatic rings. The summed E-state index contributed by atoms with van der Waals surface area (Å²) >= 11 is 0. The van der Waals surface area contributed by atoms with Crippen molar-refractivity contribution in [2.45, 2.75) is 0 Å².